The molecule has 0 spiro atoms. The number of imide groups is 1. The Kier molecular flexibility index (Phi) is 4.13. The van der Waals surface area contributed by atoms with Crippen LogP contribution in [0.15, 0.2) is 28.0 Å². The molecule has 1 saturated heterocycles. The molecule has 4 N–H and O–H groups in total. The second kappa shape index (κ2) is 6.60. The number of hydrogen-bond donors (Lipinski definition) is 3. The van der Waals surface area contributed by atoms with Crippen molar-refractivity contribution < 1.29 is 19.4 Å². The molecule has 4 aliphatic rings. The number of carbonyl (C=O) groups is 2. The van der Waals surface area contributed by atoms with Gasteiger partial charge in [-0.1, -0.05) is 17.4 Å². The molecule has 8 nitrogen and oxygen atoms in total. The van der Waals surface area contributed by atoms with Crippen molar-refractivity contribution in [2.45, 2.75) is 29.5 Å². The molecule has 2 aliphatic carbocycles. The van der Waals surface area contributed by atoms with E-state index < -0.39 is 0 Å². The Morgan fingerprint density at radius 3 is 2.71 bits per heavy atom. The number of rotatable bonds is 3. The van der Waals surface area contributed by atoms with E-state index in [2.05, 4.69) is 4.98 Å². The van der Waals surface area contributed by atoms with Crippen LogP contribution in [0.4, 0.5) is 0 Å². The predicted octanol–water partition coefficient (Wildman–Crippen LogP) is 1.89. The number of amides is 2. The van der Waals surface area contributed by atoms with Crippen LogP contribution in [0.2, 0.25) is 0 Å². The van der Waals surface area contributed by atoms with E-state index in [4.69, 9.17) is 10.6 Å². The normalized spacial score (nSPS) is 35.3. The Bertz CT molecular complexity index is 1180. The minimum atomic E-state index is -0.382. The molecule has 0 radical (unpaired) electrons. The molecule has 2 aliphatic heterocycles. The van der Waals surface area contributed by atoms with E-state index in [-0.39, 0.29) is 63.2 Å². The van der Waals surface area contributed by atoms with Crippen LogP contribution in [0.3, 0.4) is 0 Å². The Balaban J connectivity index is 1.50. The van der Waals surface area contributed by atoms with Crippen molar-refractivity contribution in [1.82, 2.24) is 9.99 Å². The number of nitrogens with one attached hydrogen (secondary N) is 1. The molecule has 1 aromatic carbocycles. The lowest BCUT2D eigenvalue weighted by molar-refractivity contribution is -0.141. The lowest BCUT2D eigenvalue weighted by atomic mass is 9.68. The fraction of sp³-hybridized carbons (Fsp3) is 0.476. The predicted molar refractivity (Wildman–Crippen MR) is 114 cm³/mol. The number of thiazole rings is 1. The number of ether oxygens (including phenoxy) is 1. The summed E-state index contributed by atoms with van der Waals surface area (Å²) in [5.74, 6) is 5.03. The van der Waals surface area contributed by atoms with E-state index in [1.807, 2.05) is 19.1 Å². The fourth-order valence-corrected chi connectivity index (χ4v) is 9.30. The monoisotopic (exact) mass is 459 g/mol. The van der Waals surface area contributed by atoms with Crippen LogP contribution in [0.1, 0.15) is 29.7 Å². The second-order valence-corrected chi connectivity index (χ2v) is 10.9. The van der Waals surface area contributed by atoms with Crippen LogP contribution in [-0.2, 0) is 9.59 Å². The number of nitrogens with two attached hydrogens (primary N) is 1. The van der Waals surface area contributed by atoms with Gasteiger partial charge in [0.15, 0.2) is 11.5 Å². The van der Waals surface area contributed by atoms with Crippen molar-refractivity contribution in [2.75, 3.05) is 6.61 Å². The molecule has 3 fully saturated rings. The molecule has 7 atom stereocenters. The highest BCUT2D eigenvalue weighted by Gasteiger charge is 2.69. The number of hydrogen-bond acceptors (Lipinski definition) is 8. The number of fused-ring (bicyclic) bond motifs is 9. The summed E-state index contributed by atoms with van der Waals surface area (Å²) in [5.41, 5.74) is 0.943. The molecule has 2 bridgehead atoms. The second-order valence-electron chi connectivity index (χ2n) is 8.67. The maximum absolute atomic E-state index is 12.8. The summed E-state index contributed by atoms with van der Waals surface area (Å²) in [6, 6.07) is 5.32. The summed E-state index contributed by atoms with van der Waals surface area (Å²) in [6.45, 7) is 2.27. The van der Waals surface area contributed by atoms with Crippen LogP contribution >= 0.6 is 23.1 Å². The number of H-pyrrole nitrogens is 1. The highest BCUT2D eigenvalue weighted by Crippen LogP contribution is 2.68. The first-order chi connectivity index (χ1) is 14.9. The Hall–Kier alpha value is -2.30. The van der Waals surface area contributed by atoms with Crippen LogP contribution in [0.25, 0.3) is 0 Å². The zero-order valence-electron chi connectivity index (χ0n) is 16.6. The average molecular weight is 460 g/mol. The molecule has 2 saturated carbocycles. The van der Waals surface area contributed by atoms with Crippen molar-refractivity contribution in [3.63, 3.8) is 0 Å². The van der Waals surface area contributed by atoms with E-state index in [9.17, 15) is 19.5 Å². The molecule has 3 heterocycles. The van der Waals surface area contributed by atoms with E-state index in [0.717, 1.165) is 26.9 Å². The third kappa shape index (κ3) is 2.49. The summed E-state index contributed by atoms with van der Waals surface area (Å²) in [4.78, 5) is 41.6. The van der Waals surface area contributed by atoms with Gasteiger partial charge in [0.05, 0.1) is 23.5 Å². The zero-order chi connectivity index (χ0) is 21.6. The number of hydrazine groups is 1. The third-order valence-corrected chi connectivity index (χ3v) is 9.99. The summed E-state index contributed by atoms with van der Waals surface area (Å²) in [7, 11) is 0. The molecule has 2 amide bonds. The first-order valence-electron chi connectivity index (χ1n) is 10.4. The third-order valence-electron chi connectivity index (χ3n) is 7.40. The van der Waals surface area contributed by atoms with Crippen LogP contribution in [0.5, 0.6) is 11.5 Å². The SMILES string of the molecule is CCOc1cc([C@H]2c3sc(=O)[nH]c3S[C@@H]3[C@H]4C[C@@H]([C@H]5C(=O)N(N)C(=O)[C@@H]45)[C@@H]23)ccc1O. The topological polar surface area (TPSA) is 126 Å². The van der Waals surface area contributed by atoms with E-state index >= 15 is 0 Å². The summed E-state index contributed by atoms with van der Waals surface area (Å²) >= 11 is 2.83. The van der Waals surface area contributed by atoms with Gasteiger partial charge in [-0.05, 0) is 48.8 Å². The smallest absolute Gasteiger partial charge is 0.305 e. The van der Waals surface area contributed by atoms with Gasteiger partial charge < -0.3 is 14.8 Å². The van der Waals surface area contributed by atoms with E-state index in [1.165, 1.54) is 11.3 Å². The van der Waals surface area contributed by atoms with E-state index in [0.29, 0.717) is 12.4 Å². The summed E-state index contributed by atoms with van der Waals surface area (Å²) in [6.07, 6.45) is 0.815. The first kappa shape index (κ1) is 19.4. The van der Waals surface area contributed by atoms with E-state index in [1.54, 1.807) is 17.8 Å². The average Bonchev–Trinajstić information content (AvgIpc) is 3.46. The van der Waals surface area contributed by atoms with Gasteiger partial charge >= 0.3 is 4.87 Å². The number of thioether (sulfide) groups is 1. The molecular formula is C21H21N3O5S2. The van der Waals surface area contributed by atoms with Gasteiger partial charge in [0, 0.05) is 16.0 Å². The molecule has 1 aromatic heterocycles. The highest BCUT2D eigenvalue weighted by atomic mass is 32.2. The maximum atomic E-state index is 12.8. The summed E-state index contributed by atoms with van der Waals surface area (Å²) < 4.78 is 5.61. The van der Waals surface area contributed by atoms with Gasteiger partial charge in [0.1, 0.15) is 0 Å². The quantitative estimate of drug-likeness (QED) is 0.363. The van der Waals surface area contributed by atoms with Crippen molar-refractivity contribution in [3.8, 4) is 11.5 Å². The van der Waals surface area contributed by atoms with Crippen molar-refractivity contribution >= 4 is 34.9 Å². The van der Waals surface area contributed by atoms with Gasteiger partial charge in [-0.15, -0.1) is 11.8 Å². The van der Waals surface area contributed by atoms with Crippen LogP contribution in [0, 0.1) is 29.6 Å². The number of carbonyl (C=O) groups excluding carboxylic acids is 2. The molecule has 162 valence electrons. The first-order valence-corrected chi connectivity index (χ1v) is 12.1. The number of phenolic OH excluding ortho intramolecular Hbond substituents is 1. The molecule has 0 unspecified atom stereocenters. The van der Waals surface area contributed by atoms with Gasteiger partial charge in [-0.25, -0.2) is 10.9 Å². The minimum absolute atomic E-state index is 0.0252. The number of aromatic amines is 1. The van der Waals surface area contributed by atoms with Gasteiger partial charge in [0.25, 0.3) is 0 Å². The Labute approximate surface area is 185 Å². The number of benzene rings is 1. The Morgan fingerprint density at radius 1 is 1.23 bits per heavy atom. The highest BCUT2D eigenvalue weighted by molar-refractivity contribution is 8.00. The van der Waals surface area contributed by atoms with Crippen molar-refractivity contribution in [2.24, 2.45) is 35.4 Å². The number of nitrogens with zero attached hydrogens (tertiary/aromatic N) is 1. The van der Waals surface area contributed by atoms with Crippen molar-refractivity contribution in [3.05, 3.63) is 38.3 Å². The molecule has 31 heavy (non-hydrogen) atoms. The lowest BCUT2D eigenvalue weighted by Gasteiger charge is -2.43. The van der Waals surface area contributed by atoms with Gasteiger partial charge in [0.2, 0.25) is 11.8 Å². The summed E-state index contributed by atoms with van der Waals surface area (Å²) in [5, 5.41) is 12.0. The molecule has 2 aromatic rings. The standard InChI is InChI=1S/C21H21N3O5S2/c1-2-29-11-5-7(3-4-10(11)25)12-13-8-6-9(15-14(8)19(26)24(22)20(15)27)16(13)30-18-17(12)31-21(28)23-18/h3-5,8-9,12-16,25H,2,6,22H2,1H3,(H,23,28)/t8-,9+,12-,13+,14-,15+,16-/m1/s1. The zero-order valence-corrected chi connectivity index (χ0v) is 18.2. The maximum Gasteiger partial charge on any atom is 0.305 e. The Morgan fingerprint density at radius 2 is 1.97 bits per heavy atom. The van der Waals surface area contributed by atoms with Gasteiger partial charge in [-0.2, -0.15) is 0 Å². The molecular weight excluding hydrogens is 438 g/mol. The van der Waals surface area contributed by atoms with Crippen LogP contribution in [-0.4, -0.2) is 38.8 Å². The van der Waals surface area contributed by atoms with Crippen LogP contribution < -0.4 is 15.5 Å². The lowest BCUT2D eigenvalue weighted by Crippen LogP contribution is -2.42. The van der Waals surface area contributed by atoms with Crippen molar-refractivity contribution in [1.29, 1.82) is 0 Å². The van der Waals surface area contributed by atoms with Gasteiger partial charge in [-0.3, -0.25) is 14.4 Å². The number of phenols is 1. The largest absolute Gasteiger partial charge is 0.504 e. The molecule has 10 heteroatoms. The number of aromatic hydroxyl groups is 1. The number of aromatic nitrogens is 1. The fourth-order valence-electron chi connectivity index (χ4n) is 6.41. The molecule has 6 rings (SSSR count). The minimum Gasteiger partial charge on any atom is -0.504 e.